The fourth-order valence-electron chi connectivity index (χ4n) is 6.88. The number of hydrogen-bond acceptors (Lipinski definition) is 16. The zero-order valence-electron chi connectivity index (χ0n) is 32.3. The van der Waals surface area contributed by atoms with Crippen LogP contribution in [0.4, 0.5) is 0 Å². The predicted molar refractivity (Wildman–Crippen MR) is 209 cm³/mol. The van der Waals surface area contributed by atoms with Crippen molar-refractivity contribution in [1.29, 1.82) is 0 Å². The Morgan fingerprint density at radius 1 is 0.621 bits per heavy atom. The van der Waals surface area contributed by atoms with E-state index in [0.717, 1.165) is 11.1 Å². The molecule has 0 spiro atoms. The van der Waals surface area contributed by atoms with E-state index in [4.69, 9.17) is 28.4 Å². The summed E-state index contributed by atoms with van der Waals surface area (Å²) in [6.07, 6.45) is -0.0215. The minimum atomic E-state index is -0.742. The van der Waals surface area contributed by atoms with Gasteiger partial charge in [-0.05, 0) is 49.2 Å². The molecule has 0 amide bonds. The van der Waals surface area contributed by atoms with Gasteiger partial charge in [0, 0.05) is 38.0 Å². The van der Waals surface area contributed by atoms with E-state index in [-0.39, 0.29) is 49.9 Å². The summed E-state index contributed by atoms with van der Waals surface area (Å²) in [5, 5.41) is 28.5. The van der Waals surface area contributed by atoms with E-state index < -0.39 is 48.9 Å². The molecule has 4 N–H and O–H groups in total. The molecule has 3 aromatic carbocycles. The normalized spacial score (nSPS) is 24.8. The van der Waals surface area contributed by atoms with Crippen LogP contribution in [0.5, 0.6) is 0 Å². The molecule has 0 unspecified atom stereocenters. The lowest BCUT2D eigenvalue weighted by atomic mass is 9.98. The Kier molecular flexibility index (Phi) is 13.9. The fourth-order valence-corrected chi connectivity index (χ4v) is 6.88. The molecule has 2 fully saturated rings. The zero-order chi connectivity index (χ0) is 40.4. The highest BCUT2D eigenvalue weighted by atomic mass is 16.7. The van der Waals surface area contributed by atoms with Gasteiger partial charge in [-0.15, -0.1) is 0 Å². The first kappa shape index (κ1) is 41.1. The van der Waals surface area contributed by atoms with Gasteiger partial charge in [0.05, 0.1) is 72.1 Å². The predicted octanol–water partition coefficient (Wildman–Crippen LogP) is 3.23. The number of rotatable bonds is 16. The van der Waals surface area contributed by atoms with E-state index in [2.05, 4.69) is 30.6 Å². The number of aliphatic hydroxyl groups excluding tert-OH is 2. The molecule has 5 aromatic rings. The van der Waals surface area contributed by atoms with E-state index in [1.54, 1.807) is 26.0 Å². The van der Waals surface area contributed by atoms with Gasteiger partial charge in [-0.3, -0.25) is 9.97 Å². The van der Waals surface area contributed by atoms with Gasteiger partial charge in [-0.2, -0.15) is 0 Å². The van der Waals surface area contributed by atoms with Gasteiger partial charge >= 0.3 is 11.9 Å². The molecule has 306 valence electrons. The number of nitrogens with zero attached hydrogens (tertiary/aromatic N) is 4. The van der Waals surface area contributed by atoms with Gasteiger partial charge in [0.2, 0.25) is 0 Å². The van der Waals surface area contributed by atoms with Gasteiger partial charge in [0.1, 0.15) is 13.2 Å². The molecule has 0 aliphatic carbocycles. The lowest BCUT2D eigenvalue weighted by molar-refractivity contribution is -0.227. The molecule has 58 heavy (non-hydrogen) atoms. The number of hydrogen-bond donors (Lipinski definition) is 4. The van der Waals surface area contributed by atoms with Crippen LogP contribution in [0.2, 0.25) is 0 Å². The number of aliphatic hydroxyl groups is 2. The van der Waals surface area contributed by atoms with Crippen molar-refractivity contribution >= 4 is 34.0 Å². The Labute approximate surface area is 335 Å². The number of benzene rings is 3. The molecule has 16 nitrogen and oxygen atoms in total. The molecular formula is C42H48N6O10. The standard InChI is InChI=1S/C42H48N6O10/c1-25-39(49)33(19-37(57-25)53-15-17-55-41(51)35-23-45-29-7-3-5-9-31(29)47-35)43-21-27-11-13-28(14-12-27)22-44-34-20-38(58-26(2)40(34)50)54-16-18-56-42(52)36-24-46-30-8-4-6-10-32(30)48-36/h3-14,23-26,33-34,37-40,43-44,49-50H,15-22H2,1-2H3/t25-,26-,33-,34-,37-,38+,39-,40-/m1/s1. The molecular weight excluding hydrogens is 748 g/mol. The van der Waals surface area contributed by atoms with E-state index in [0.29, 0.717) is 48.0 Å². The lowest BCUT2D eigenvalue weighted by Gasteiger charge is -2.38. The van der Waals surface area contributed by atoms with E-state index in [9.17, 15) is 19.8 Å². The number of fused-ring (bicyclic) bond motifs is 2. The summed E-state index contributed by atoms with van der Waals surface area (Å²) < 4.78 is 34.1. The Hall–Kier alpha value is -5.04. The second-order valence-electron chi connectivity index (χ2n) is 14.3. The third-order valence-corrected chi connectivity index (χ3v) is 10.1. The summed E-state index contributed by atoms with van der Waals surface area (Å²) in [7, 11) is 0. The van der Waals surface area contributed by atoms with Crippen LogP contribution in [-0.4, -0.2) is 118 Å². The van der Waals surface area contributed by atoms with Crippen LogP contribution >= 0.6 is 0 Å². The molecule has 2 aliphatic rings. The second kappa shape index (κ2) is 19.6. The van der Waals surface area contributed by atoms with Gasteiger partial charge in [-0.25, -0.2) is 19.6 Å². The Balaban J connectivity index is 0.804. The zero-order valence-corrected chi connectivity index (χ0v) is 32.3. The minimum Gasteiger partial charge on any atom is -0.458 e. The first-order valence-corrected chi connectivity index (χ1v) is 19.4. The van der Waals surface area contributed by atoms with Crippen molar-refractivity contribution in [1.82, 2.24) is 30.6 Å². The third kappa shape index (κ3) is 10.7. The number of carbonyl (C=O) groups is 2. The van der Waals surface area contributed by atoms with Crippen molar-refractivity contribution in [2.24, 2.45) is 0 Å². The largest absolute Gasteiger partial charge is 0.458 e. The third-order valence-electron chi connectivity index (χ3n) is 10.1. The Bertz CT molecular complexity index is 1990. The van der Waals surface area contributed by atoms with E-state index in [1.165, 1.54) is 12.4 Å². The first-order valence-electron chi connectivity index (χ1n) is 19.4. The Morgan fingerprint density at radius 2 is 1.02 bits per heavy atom. The van der Waals surface area contributed by atoms with Gasteiger partial charge < -0.3 is 49.3 Å². The molecule has 2 saturated heterocycles. The van der Waals surface area contributed by atoms with Crippen molar-refractivity contribution in [2.45, 2.75) is 88.9 Å². The molecule has 0 saturated carbocycles. The van der Waals surface area contributed by atoms with E-state index in [1.807, 2.05) is 60.7 Å². The fraction of sp³-hybridized carbons (Fsp3) is 0.429. The molecule has 7 rings (SSSR count). The second-order valence-corrected chi connectivity index (χ2v) is 14.3. The Morgan fingerprint density at radius 3 is 1.43 bits per heavy atom. The average molecular weight is 797 g/mol. The highest BCUT2D eigenvalue weighted by Crippen LogP contribution is 2.23. The maximum atomic E-state index is 12.5. The van der Waals surface area contributed by atoms with Crippen LogP contribution in [0, 0.1) is 0 Å². The van der Waals surface area contributed by atoms with Crippen molar-refractivity contribution in [3.63, 3.8) is 0 Å². The smallest absolute Gasteiger partial charge is 0.358 e. The number of nitrogens with one attached hydrogen (secondary N) is 2. The quantitative estimate of drug-likeness (QED) is 0.0836. The summed E-state index contributed by atoms with van der Waals surface area (Å²) in [5.74, 6) is -1.18. The number of aromatic nitrogens is 4. The topological polar surface area (TPSA) is 206 Å². The highest BCUT2D eigenvalue weighted by molar-refractivity contribution is 5.90. The maximum Gasteiger partial charge on any atom is 0.358 e. The van der Waals surface area contributed by atoms with Crippen LogP contribution in [0.3, 0.4) is 0 Å². The summed E-state index contributed by atoms with van der Waals surface area (Å²) in [4.78, 5) is 42.1. The van der Waals surface area contributed by atoms with Crippen LogP contribution in [0.1, 0.15) is 58.8 Å². The molecule has 4 heterocycles. The van der Waals surface area contributed by atoms with Crippen molar-refractivity contribution in [3.05, 3.63) is 108 Å². The maximum absolute atomic E-state index is 12.5. The number of carbonyl (C=O) groups excluding carboxylic acids is 2. The number of ether oxygens (including phenoxy) is 6. The molecule has 0 radical (unpaired) electrons. The summed E-state index contributed by atoms with van der Waals surface area (Å²) in [6, 6.07) is 22.0. The molecule has 16 heteroatoms. The molecule has 2 aliphatic heterocycles. The van der Waals surface area contributed by atoms with Crippen LogP contribution in [-0.2, 0) is 41.5 Å². The van der Waals surface area contributed by atoms with Crippen molar-refractivity contribution < 1.29 is 48.2 Å². The number of esters is 2. The van der Waals surface area contributed by atoms with Gasteiger partial charge in [0.15, 0.2) is 24.0 Å². The SMILES string of the molecule is C[C@H]1O[C@@H](OCCOC(=O)c2cnc3ccccc3n2)C[C@@H](NCc2ccc(CN[C@@H]3C[C@@H](OCCOC(=O)c4cnc5ccccc5n4)O[C@H](C)[C@H]3O)cc2)[C@@H]1O. The number of para-hydroxylation sites is 4. The van der Waals surface area contributed by atoms with E-state index >= 15 is 0 Å². The monoisotopic (exact) mass is 796 g/mol. The summed E-state index contributed by atoms with van der Waals surface area (Å²) >= 11 is 0. The molecule has 8 atom stereocenters. The summed E-state index contributed by atoms with van der Waals surface area (Å²) in [6.45, 7) is 4.85. The highest BCUT2D eigenvalue weighted by Gasteiger charge is 2.36. The van der Waals surface area contributed by atoms with Crippen molar-refractivity contribution in [2.75, 3.05) is 26.4 Å². The summed E-state index contributed by atoms with van der Waals surface area (Å²) in [5.41, 5.74) is 4.89. The minimum absolute atomic E-state index is 0.00732. The first-order chi connectivity index (χ1) is 28.2. The molecule has 2 aromatic heterocycles. The van der Waals surface area contributed by atoms with Crippen LogP contribution in [0.25, 0.3) is 22.1 Å². The van der Waals surface area contributed by atoms with Gasteiger partial charge in [-0.1, -0.05) is 48.5 Å². The van der Waals surface area contributed by atoms with Crippen LogP contribution < -0.4 is 10.6 Å². The van der Waals surface area contributed by atoms with Crippen molar-refractivity contribution in [3.8, 4) is 0 Å². The van der Waals surface area contributed by atoms with Gasteiger partial charge in [0.25, 0.3) is 0 Å². The van der Waals surface area contributed by atoms with Crippen LogP contribution in [0.15, 0.2) is 85.2 Å². The average Bonchev–Trinajstić information content (AvgIpc) is 3.25. The molecule has 0 bridgehead atoms. The lowest BCUT2D eigenvalue weighted by Crippen LogP contribution is -2.53.